The molecule has 1 saturated heterocycles. The average molecular weight is 241 g/mol. The molecule has 1 aliphatic heterocycles. The molecule has 17 heavy (non-hydrogen) atoms. The minimum Gasteiger partial charge on any atom is -0.344 e. The second-order valence-corrected chi connectivity index (χ2v) is 5.12. The Balaban J connectivity index is 2.18. The van der Waals surface area contributed by atoms with Crippen LogP contribution in [0.5, 0.6) is 0 Å². The third-order valence-electron chi connectivity index (χ3n) is 3.61. The average Bonchev–Trinajstić information content (AvgIpc) is 2.36. The number of likely N-dealkylation sites (N-methyl/N-ethyl adjacent to an activating group) is 1. The summed E-state index contributed by atoms with van der Waals surface area (Å²) in [5.41, 5.74) is 0. The van der Waals surface area contributed by atoms with Gasteiger partial charge in [-0.25, -0.2) is 0 Å². The second-order valence-electron chi connectivity index (χ2n) is 5.12. The summed E-state index contributed by atoms with van der Waals surface area (Å²) in [4.78, 5) is 16.2. The first kappa shape index (κ1) is 14.5. The second kappa shape index (κ2) is 7.67. The normalized spacial score (nSPS) is 19.0. The van der Waals surface area contributed by atoms with Gasteiger partial charge in [-0.2, -0.15) is 0 Å². The van der Waals surface area contributed by atoms with E-state index in [1.54, 1.807) is 0 Å². The largest absolute Gasteiger partial charge is 0.344 e. The zero-order valence-electron chi connectivity index (χ0n) is 11.5. The molecule has 1 fully saturated rings. The summed E-state index contributed by atoms with van der Waals surface area (Å²) in [6, 6.07) is 0. The Morgan fingerprint density at radius 1 is 1.41 bits per heavy atom. The molecule has 1 heterocycles. The Hall–Kier alpha value is -0.610. The Morgan fingerprint density at radius 2 is 2.06 bits per heavy atom. The van der Waals surface area contributed by atoms with Gasteiger partial charge in [-0.05, 0) is 5.92 Å². The number of nitrogens with one attached hydrogen (secondary N) is 1. The number of hydrogen-bond donors (Lipinski definition) is 1. The zero-order chi connectivity index (χ0) is 12.7. The number of rotatable bonds is 6. The first-order valence-electron chi connectivity index (χ1n) is 6.80. The third-order valence-corrected chi connectivity index (χ3v) is 3.61. The van der Waals surface area contributed by atoms with E-state index in [-0.39, 0.29) is 5.91 Å². The molecular weight excluding hydrogens is 214 g/mol. The fraction of sp³-hybridized carbons (Fsp3) is 0.923. The molecular formula is C13H27N3O. The van der Waals surface area contributed by atoms with E-state index in [2.05, 4.69) is 24.1 Å². The smallest absolute Gasteiger partial charge is 0.222 e. The van der Waals surface area contributed by atoms with Gasteiger partial charge in [0.25, 0.3) is 0 Å². The summed E-state index contributed by atoms with van der Waals surface area (Å²) >= 11 is 0. The molecule has 0 aromatic carbocycles. The van der Waals surface area contributed by atoms with Crippen LogP contribution < -0.4 is 5.32 Å². The SMILES string of the molecule is CCC(C)CC(=O)N(C)CCN1CCNCC1. The van der Waals surface area contributed by atoms with Crippen molar-refractivity contribution >= 4 is 5.91 Å². The highest BCUT2D eigenvalue weighted by Crippen LogP contribution is 2.08. The van der Waals surface area contributed by atoms with E-state index in [4.69, 9.17) is 0 Å². The first-order valence-corrected chi connectivity index (χ1v) is 6.80. The van der Waals surface area contributed by atoms with Gasteiger partial charge in [0.2, 0.25) is 5.91 Å². The maximum Gasteiger partial charge on any atom is 0.222 e. The molecule has 0 radical (unpaired) electrons. The Kier molecular flexibility index (Phi) is 6.52. The summed E-state index contributed by atoms with van der Waals surface area (Å²) in [5, 5.41) is 3.34. The van der Waals surface area contributed by atoms with E-state index < -0.39 is 0 Å². The van der Waals surface area contributed by atoms with Crippen molar-refractivity contribution in [3.63, 3.8) is 0 Å². The Morgan fingerprint density at radius 3 is 2.65 bits per heavy atom. The molecule has 0 spiro atoms. The van der Waals surface area contributed by atoms with Crippen LogP contribution in [0.25, 0.3) is 0 Å². The Labute approximate surface area is 105 Å². The topological polar surface area (TPSA) is 35.6 Å². The van der Waals surface area contributed by atoms with Crippen molar-refractivity contribution in [1.82, 2.24) is 15.1 Å². The predicted octanol–water partition coefficient (Wildman–Crippen LogP) is 0.786. The van der Waals surface area contributed by atoms with Gasteiger partial charge in [0, 0.05) is 52.7 Å². The number of hydrogen-bond acceptors (Lipinski definition) is 3. The van der Waals surface area contributed by atoms with Gasteiger partial charge in [-0.3, -0.25) is 9.69 Å². The van der Waals surface area contributed by atoms with Crippen molar-refractivity contribution in [3.05, 3.63) is 0 Å². The standard InChI is InChI=1S/C13H27N3O/c1-4-12(2)11-13(17)15(3)9-10-16-7-5-14-6-8-16/h12,14H,4-11H2,1-3H3. The molecule has 1 rings (SSSR count). The van der Waals surface area contributed by atoms with Gasteiger partial charge in [0.05, 0.1) is 0 Å². The maximum absolute atomic E-state index is 11.9. The van der Waals surface area contributed by atoms with Crippen molar-refractivity contribution in [3.8, 4) is 0 Å². The minimum atomic E-state index is 0.287. The summed E-state index contributed by atoms with van der Waals surface area (Å²) < 4.78 is 0. The van der Waals surface area contributed by atoms with Crippen LogP contribution in [0.15, 0.2) is 0 Å². The van der Waals surface area contributed by atoms with Gasteiger partial charge in [-0.1, -0.05) is 20.3 Å². The van der Waals surface area contributed by atoms with Crippen LogP contribution in [0, 0.1) is 5.92 Å². The lowest BCUT2D eigenvalue weighted by atomic mass is 10.0. The monoisotopic (exact) mass is 241 g/mol. The highest BCUT2D eigenvalue weighted by molar-refractivity contribution is 5.76. The fourth-order valence-corrected chi connectivity index (χ4v) is 1.95. The van der Waals surface area contributed by atoms with Crippen molar-refractivity contribution < 1.29 is 4.79 Å². The van der Waals surface area contributed by atoms with Gasteiger partial charge < -0.3 is 10.2 Å². The van der Waals surface area contributed by atoms with Gasteiger partial charge in [0.1, 0.15) is 0 Å². The first-order chi connectivity index (χ1) is 8.13. The van der Waals surface area contributed by atoms with Gasteiger partial charge >= 0.3 is 0 Å². The van der Waals surface area contributed by atoms with Crippen LogP contribution >= 0.6 is 0 Å². The van der Waals surface area contributed by atoms with Crippen LogP contribution in [-0.2, 0) is 4.79 Å². The summed E-state index contributed by atoms with van der Waals surface area (Å²) in [6.07, 6.45) is 1.77. The molecule has 4 nitrogen and oxygen atoms in total. The molecule has 0 aromatic heterocycles. The number of nitrogens with zero attached hydrogens (tertiary/aromatic N) is 2. The summed E-state index contributed by atoms with van der Waals surface area (Å²) in [5.74, 6) is 0.790. The van der Waals surface area contributed by atoms with Crippen molar-refractivity contribution in [2.24, 2.45) is 5.92 Å². The van der Waals surface area contributed by atoms with E-state index in [1.807, 2.05) is 11.9 Å². The lowest BCUT2D eigenvalue weighted by Gasteiger charge is -2.29. The van der Waals surface area contributed by atoms with E-state index in [9.17, 15) is 4.79 Å². The molecule has 100 valence electrons. The van der Waals surface area contributed by atoms with E-state index in [0.717, 1.165) is 45.7 Å². The zero-order valence-corrected chi connectivity index (χ0v) is 11.5. The fourth-order valence-electron chi connectivity index (χ4n) is 1.95. The van der Waals surface area contributed by atoms with Gasteiger partial charge in [0.15, 0.2) is 0 Å². The molecule has 1 atom stereocenters. The number of carbonyl (C=O) groups excluding carboxylic acids is 1. The summed E-state index contributed by atoms with van der Waals surface area (Å²) in [7, 11) is 1.92. The maximum atomic E-state index is 11.9. The highest BCUT2D eigenvalue weighted by Gasteiger charge is 2.14. The number of piperazine rings is 1. The predicted molar refractivity (Wildman–Crippen MR) is 71.0 cm³/mol. The minimum absolute atomic E-state index is 0.287. The summed E-state index contributed by atoms with van der Waals surface area (Å²) in [6.45, 7) is 10.5. The molecule has 1 unspecified atom stereocenters. The lowest BCUT2D eigenvalue weighted by Crippen LogP contribution is -2.46. The molecule has 1 N–H and O–H groups in total. The molecule has 0 saturated carbocycles. The Bertz CT molecular complexity index is 227. The van der Waals surface area contributed by atoms with Crippen molar-refractivity contribution in [2.45, 2.75) is 26.7 Å². The third kappa shape index (κ3) is 5.50. The van der Waals surface area contributed by atoms with Crippen molar-refractivity contribution in [2.75, 3.05) is 46.3 Å². The molecule has 1 amide bonds. The molecule has 0 bridgehead atoms. The van der Waals surface area contributed by atoms with E-state index in [0.29, 0.717) is 12.3 Å². The van der Waals surface area contributed by atoms with Crippen LogP contribution in [0.3, 0.4) is 0 Å². The molecule has 0 aromatic rings. The van der Waals surface area contributed by atoms with Gasteiger partial charge in [-0.15, -0.1) is 0 Å². The quantitative estimate of drug-likeness (QED) is 0.747. The highest BCUT2D eigenvalue weighted by atomic mass is 16.2. The molecule has 1 aliphatic rings. The number of amides is 1. The molecule has 0 aliphatic carbocycles. The number of carbonyl (C=O) groups is 1. The van der Waals surface area contributed by atoms with Crippen LogP contribution in [0.2, 0.25) is 0 Å². The van der Waals surface area contributed by atoms with E-state index >= 15 is 0 Å². The van der Waals surface area contributed by atoms with Crippen molar-refractivity contribution in [1.29, 1.82) is 0 Å². The molecule has 4 heteroatoms. The lowest BCUT2D eigenvalue weighted by molar-refractivity contribution is -0.131. The van der Waals surface area contributed by atoms with E-state index in [1.165, 1.54) is 0 Å². The van der Waals surface area contributed by atoms with Crippen LogP contribution in [0.4, 0.5) is 0 Å². The van der Waals surface area contributed by atoms with Crippen LogP contribution in [0.1, 0.15) is 26.7 Å². The van der Waals surface area contributed by atoms with Crippen LogP contribution in [-0.4, -0.2) is 62.0 Å².